The first-order chi connectivity index (χ1) is 4.30. The van der Waals surface area contributed by atoms with Gasteiger partial charge in [-0.2, -0.15) is 17.7 Å². The van der Waals surface area contributed by atoms with Gasteiger partial charge in [-0.1, -0.05) is 32.2 Å². The van der Waals surface area contributed by atoms with Gasteiger partial charge in [0, 0.05) is 0 Å². The van der Waals surface area contributed by atoms with E-state index >= 15 is 0 Å². The summed E-state index contributed by atoms with van der Waals surface area (Å²) in [4.78, 5) is 3.80. The second-order valence-electron chi connectivity index (χ2n) is 2.37. The van der Waals surface area contributed by atoms with Crippen LogP contribution in [-0.4, -0.2) is 4.98 Å². The van der Waals surface area contributed by atoms with Crippen LogP contribution in [-0.2, 0) is 0 Å². The van der Waals surface area contributed by atoms with E-state index < -0.39 is 0 Å². The number of hydrogen-bond donors (Lipinski definition) is 0. The number of hydrogen-bond acceptors (Lipinski definition) is 1. The average molecular weight is 387 g/mol. The van der Waals surface area contributed by atoms with Crippen molar-refractivity contribution in [3.63, 3.8) is 0 Å². The van der Waals surface area contributed by atoms with E-state index in [1.54, 1.807) is 6.20 Å². The number of pyridine rings is 1. The minimum Gasteiger partial charge on any atom is -0.394 e. The largest absolute Gasteiger partial charge is 0.394 e. The van der Waals surface area contributed by atoms with E-state index in [1.165, 1.54) is 5.56 Å². The molecule has 0 aliphatic heterocycles. The molecule has 0 spiro atoms. The molecular formula is C8H10NRf-. The van der Waals surface area contributed by atoms with Gasteiger partial charge in [0.05, 0.1) is 0 Å². The fourth-order valence-corrected chi connectivity index (χ4v) is 0.685. The molecule has 0 aliphatic carbocycles. The van der Waals surface area contributed by atoms with Gasteiger partial charge in [-0.05, 0) is 0 Å². The smallest absolute Gasteiger partial charge is 0 e. The Morgan fingerprint density at radius 2 is 2.20 bits per heavy atom. The van der Waals surface area contributed by atoms with Crippen LogP contribution in [0.5, 0.6) is 0 Å². The number of aromatic nitrogens is 1. The number of rotatable bonds is 1. The zero-order valence-corrected chi connectivity index (χ0v) is 12.9. The molecule has 1 heterocycles. The first kappa shape index (κ1) is 8.15. The Labute approximate surface area is 55.7 Å². The standard InChI is InChI=1S/C8H10N.Rf/c1-7(2)8-3-5-9-6-4-8;/h3-5,7H,1-2H3;/q-1;. The summed E-state index contributed by atoms with van der Waals surface area (Å²) in [6.45, 7) is 4.31. The van der Waals surface area contributed by atoms with Crippen molar-refractivity contribution < 1.29 is 0 Å². The summed E-state index contributed by atoms with van der Waals surface area (Å²) in [5, 5.41) is 0. The summed E-state index contributed by atoms with van der Waals surface area (Å²) < 4.78 is 0. The maximum absolute atomic E-state index is 3.80. The summed E-state index contributed by atoms with van der Waals surface area (Å²) >= 11 is 0. The van der Waals surface area contributed by atoms with Gasteiger partial charge in [0.25, 0.3) is 0 Å². The SMILES string of the molecule is CC(C)c1c[c-]ncc1.[Rf]. The molecule has 1 rings (SSSR count). The fraction of sp³-hybridized carbons (Fsp3) is 0.375. The predicted octanol–water partition coefficient (Wildman–Crippen LogP) is 2.01. The Morgan fingerprint density at radius 3 is 2.50 bits per heavy atom. The molecule has 0 aromatic carbocycles. The Balaban J connectivity index is 0.000000810. The maximum Gasteiger partial charge on any atom is 0 e. The Bertz CT molecular complexity index is 172. The average Bonchev–Trinajstić information content (AvgIpc) is 1.90. The van der Waals surface area contributed by atoms with Crippen molar-refractivity contribution >= 4 is 0 Å². The van der Waals surface area contributed by atoms with Crippen LogP contribution in [0.4, 0.5) is 0 Å². The quantitative estimate of drug-likeness (QED) is 0.672. The minimum absolute atomic E-state index is 0. The molecule has 0 atom stereocenters. The molecule has 0 N–H and O–H groups in total. The zero-order valence-electron chi connectivity index (χ0n) is 6.46. The van der Waals surface area contributed by atoms with Crippen molar-refractivity contribution in [1.82, 2.24) is 4.98 Å². The molecule has 1 aromatic heterocycles. The van der Waals surface area contributed by atoms with E-state index in [-0.39, 0.29) is 0 Å². The third kappa shape index (κ3) is 1.58. The van der Waals surface area contributed by atoms with Crippen LogP contribution in [0.2, 0.25) is 0 Å². The molecule has 1 nitrogen and oxygen atoms in total. The second kappa shape index (κ2) is 3.23. The minimum atomic E-state index is 0. The van der Waals surface area contributed by atoms with Crippen LogP contribution in [0.15, 0.2) is 18.3 Å². The zero-order chi connectivity index (χ0) is 6.69. The Morgan fingerprint density at radius 1 is 1.50 bits per heavy atom. The van der Waals surface area contributed by atoms with Gasteiger partial charge in [-0.3, -0.25) is 0 Å². The van der Waals surface area contributed by atoms with E-state index in [2.05, 4.69) is 25.0 Å². The Hall–Kier alpha value is -1.85. The van der Waals surface area contributed by atoms with Gasteiger partial charge in [0.1, 0.15) is 0 Å². The molecule has 10 heavy (non-hydrogen) atoms. The van der Waals surface area contributed by atoms with Crippen LogP contribution < -0.4 is 0 Å². The van der Waals surface area contributed by atoms with Gasteiger partial charge in [0.2, 0.25) is 0 Å². The van der Waals surface area contributed by atoms with Gasteiger partial charge in [-0.15, -0.1) is 0 Å². The van der Waals surface area contributed by atoms with E-state index in [0.29, 0.717) is 5.92 Å². The van der Waals surface area contributed by atoms with Crippen LogP contribution >= 0.6 is 0 Å². The molecule has 0 saturated heterocycles. The van der Waals surface area contributed by atoms with Crippen LogP contribution in [0.1, 0.15) is 25.3 Å². The van der Waals surface area contributed by atoms with Crippen molar-refractivity contribution in [2.24, 2.45) is 0 Å². The van der Waals surface area contributed by atoms with E-state index in [9.17, 15) is 0 Å². The van der Waals surface area contributed by atoms with Crippen molar-refractivity contribution in [3.8, 4) is 0 Å². The molecule has 1 aromatic rings. The van der Waals surface area contributed by atoms with E-state index in [4.69, 9.17) is 0 Å². The van der Waals surface area contributed by atoms with Gasteiger partial charge in [0.15, 0.2) is 0 Å². The van der Waals surface area contributed by atoms with Crippen molar-refractivity contribution in [2.75, 3.05) is 0 Å². The molecule has 0 fully saturated rings. The summed E-state index contributed by atoms with van der Waals surface area (Å²) in [6.07, 6.45) is 4.57. The van der Waals surface area contributed by atoms with Crippen molar-refractivity contribution in [2.45, 2.75) is 19.8 Å². The van der Waals surface area contributed by atoms with Crippen molar-refractivity contribution in [1.29, 1.82) is 0 Å². The first-order valence-corrected chi connectivity index (χ1v) is 3.12. The monoisotopic (exact) mass is 387 g/mol. The molecule has 2 heteroatoms. The molecule has 0 unspecified atom stereocenters. The molecule has 0 saturated carbocycles. The summed E-state index contributed by atoms with van der Waals surface area (Å²) in [5.74, 6) is 0.587. The molecule has 0 aliphatic rings. The van der Waals surface area contributed by atoms with Gasteiger partial charge in [-0.25, -0.2) is 0 Å². The molecule has 50 valence electrons. The predicted molar refractivity (Wildman–Crippen MR) is 37.2 cm³/mol. The Kier molecular flexibility index (Phi) is 2.63. The summed E-state index contributed by atoms with van der Waals surface area (Å²) in [6, 6.07) is 3.94. The summed E-state index contributed by atoms with van der Waals surface area (Å²) in [7, 11) is 0. The fourth-order valence-electron chi connectivity index (χ4n) is 0.685. The maximum atomic E-state index is 3.80. The molecule has 0 amide bonds. The van der Waals surface area contributed by atoms with E-state index in [1.807, 2.05) is 12.1 Å². The third-order valence-electron chi connectivity index (χ3n) is 1.31. The van der Waals surface area contributed by atoms with Gasteiger partial charge < -0.3 is 4.98 Å². The van der Waals surface area contributed by atoms with Crippen LogP contribution in [0.3, 0.4) is 0 Å². The van der Waals surface area contributed by atoms with Gasteiger partial charge >= 0.3 is 0 Å². The number of nitrogens with zero attached hydrogens (tertiary/aromatic N) is 1. The molecule has 0 bridgehead atoms. The second-order valence-corrected chi connectivity index (χ2v) is 2.37. The topological polar surface area (TPSA) is 12.9 Å². The first-order valence-electron chi connectivity index (χ1n) is 3.12. The van der Waals surface area contributed by atoms with E-state index in [0.717, 1.165) is 0 Å². The van der Waals surface area contributed by atoms with Crippen molar-refractivity contribution in [3.05, 3.63) is 30.1 Å². The summed E-state index contributed by atoms with van der Waals surface area (Å²) in [5.41, 5.74) is 1.30. The van der Waals surface area contributed by atoms with Crippen LogP contribution in [0.25, 0.3) is 0 Å². The normalized spacial score (nSPS) is 9.10. The molecule has 0 radical (unpaired) electrons. The van der Waals surface area contributed by atoms with Crippen LogP contribution in [0, 0.1) is 6.20 Å². The molecular weight excluding hydrogens is 377 g/mol. The third-order valence-corrected chi connectivity index (χ3v) is 1.31.